The number of esters is 1. The minimum Gasteiger partial charge on any atom is -0.465 e. The minimum absolute atomic E-state index is 0.154. The van der Waals surface area contributed by atoms with Gasteiger partial charge in [0.2, 0.25) is 0 Å². The molecule has 1 unspecified atom stereocenters. The molecule has 0 bridgehead atoms. The molecule has 4 heteroatoms. The van der Waals surface area contributed by atoms with Gasteiger partial charge in [-0.25, -0.2) is 0 Å². The van der Waals surface area contributed by atoms with Crippen molar-refractivity contribution < 1.29 is 9.53 Å². The van der Waals surface area contributed by atoms with Crippen LogP contribution < -0.4 is 10.6 Å². The van der Waals surface area contributed by atoms with Crippen molar-refractivity contribution in [3.05, 3.63) is 24.3 Å². The van der Waals surface area contributed by atoms with Crippen molar-refractivity contribution in [1.29, 1.82) is 0 Å². The molecule has 1 atom stereocenters. The molecular weight excluding hydrogens is 264 g/mol. The van der Waals surface area contributed by atoms with Crippen LogP contribution in [0.25, 0.3) is 0 Å². The highest BCUT2D eigenvalue weighted by Gasteiger charge is 2.26. The number of ether oxygens (including phenoxy) is 1. The van der Waals surface area contributed by atoms with Crippen LogP contribution >= 0.6 is 0 Å². The average Bonchev–Trinajstić information content (AvgIpc) is 2.55. The molecule has 0 radical (unpaired) electrons. The van der Waals surface area contributed by atoms with Gasteiger partial charge < -0.3 is 4.74 Å². The highest BCUT2D eigenvalue weighted by Crippen LogP contribution is 2.19. The maximum Gasteiger partial charge on any atom is 0.316 e. The maximum absolute atomic E-state index is 12.1. The first-order chi connectivity index (χ1) is 10.1. The van der Waals surface area contributed by atoms with E-state index in [1.807, 2.05) is 38.4 Å². The van der Waals surface area contributed by atoms with Crippen molar-refractivity contribution in [3.8, 4) is 0 Å². The molecule has 0 spiro atoms. The highest BCUT2D eigenvalue weighted by molar-refractivity contribution is 5.77. The molecule has 0 aliphatic heterocycles. The van der Waals surface area contributed by atoms with Gasteiger partial charge in [-0.3, -0.25) is 15.4 Å². The standard InChI is InChI=1S/C17H30N2O2/c1-5-7-8-14(6-2)13-21-16(20)15-9-11-17(18-3,19-4)12-10-15/h9-12,14-15,18-19H,5-8,13H2,1-4H3. The first-order valence-electron chi connectivity index (χ1n) is 8.04. The van der Waals surface area contributed by atoms with Gasteiger partial charge in [-0.05, 0) is 38.6 Å². The summed E-state index contributed by atoms with van der Waals surface area (Å²) in [5.41, 5.74) is -0.357. The van der Waals surface area contributed by atoms with E-state index < -0.39 is 0 Å². The van der Waals surface area contributed by atoms with E-state index in [2.05, 4.69) is 24.5 Å². The molecule has 0 amide bonds. The van der Waals surface area contributed by atoms with Gasteiger partial charge in [-0.1, -0.05) is 45.3 Å². The van der Waals surface area contributed by atoms with Crippen molar-refractivity contribution >= 4 is 5.97 Å². The van der Waals surface area contributed by atoms with Crippen LogP contribution in [0.2, 0.25) is 0 Å². The van der Waals surface area contributed by atoms with Gasteiger partial charge >= 0.3 is 5.97 Å². The van der Waals surface area contributed by atoms with Gasteiger partial charge in [0.1, 0.15) is 5.66 Å². The summed E-state index contributed by atoms with van der Waals surface area (Å²) in [6.07, 6.45) is 12.3. The van der Waals surface area contributed by atoms with Crippen LogP contribution in [0.5, 0.6) is 0 Å². The number of nitrogens with one attached hydrogen (secondary N) is 2. The molecule has 0 heterocycles. The van der Waals surface area contributed by atoms with Crippen molar-refractivity contribution in [3.63, 3.8) is 0 Å². The number of carbonyl (C=O) groups excluding carboxylic acids is 1. The molecule has 0 aromatic carbocycles. The third kappa shape index (κ3) is 5.29. The zero-order valence-electron chi connectivity index (χ0n) is 13.8. The van der Waals surface area contributed by atoms with Gasteiger partial charge in [0.25, 0.3) is 0 Å². The SMILES string of the molecule is CCCCC(CC)COC(=O)C1C=CC(NC)(NC)C=C1. The van der Waals surface area contributed by atoms with Crippen LogP contribution in [0.3, 0.4) is 0 Å². The van der Waals surface area contributed by atoms with Crippen LogP contribution in [-0.4, -0.2) is 32.3 Å². The molecule has 2 N–H and O–H groups in total. The Morgan fingerprint density at radius 3 is 2.33 bits per heavy atom. The van der Waals surface area contributed by atoms with Crippen LogP contribution in [0, 0.1) is 11.8 Å². The lowest BCUT2D eigenvalue weighted by Crippen LogP contribution is -2.51. The van der Waals surface area contributed by atoms with E-state index in [9.17, 15) is 4.79 Å². The fourth-order valence-corrected chi connectivity index (χ4v) is 2.44. The van der Waals surface area contributed by atoms with Crippen LogP contribution in [0.1, 0.15) is 39.5 Å². The average molecular weight is 294 g/mol. The molecular formula is C17H30N2O2. The van der Waals surface area contributed by atoms with Crippen molar-refractivity contribution in [2.45, 2.75) is 45.2 Å². The van der Waals surface area contributed by atoms with Gasteiger partial charge in [-0.2, -0.15) is 0 Å². The number of hydrogen-bond acceptors (Lipinski definition) is 4. The molecule has 0 aromatic heterocycles. The summed E-state index contributed by atoms with van der Waals surface area (Å²) in [6, 6.07) is 0. The normalized spacial score (nSPS) is 18.7. The maximum atomic E-state index is 12.1. The Labute approximate surface area is 129 Å². The predicted octanol–water partition coefficient (Wildman–Crippen LogP) is 2.62. The third-order valence-corrected chi connectivity index (χ3v) is 4.24. The fraction of sp³-hybridized carbons (Fsp3) is 0.706. The molecule has 1 aliphatic rings. The Balaban J connectivity index is 2.45. The van der Waals surface area contributed by atoms with E-state index in [4.69, 9.17) is 4.74 Å². The van der Waals surface area contributed by atoms with E-state index in [0.29, 0.717) is 12.5 Å². The number of unbranched alkanes of at least 4 members (excludes halogenated alkanes) is 1. The number of hydrogen-bond donors (Lipinski definition) is 2. The molecule has 120 valence electrons. The van der Waals surface area contributed by atoms with Crippen LogP contribution in [0.4, 0.5) is 0 Å². The number of likely N-dealkylation sites (N-methyl/N-ethyl adjacent to an activating group) is 2. The lowest BCUT2D eigenvalue weighted by Gasteiger charge is -2.29. The van der Waals surface area contributed by atoms with E-state index in [1.54, 1.807) is 0 Å². The first kappa shape index (κ1) is 17.9. The van der Waals surface area contributed by atoms with Crippen molar-refractivity contribution in [2.75, 3.05) is 20.7 Å². The second-order valence-corrected chi connectivity index (χ2v) is 5.66. The topological polar surface area (TPSA) is 50.4 Å². The fourth-order valence-electron chi connectivity index (χ4n) is 2.44. The molecule has 0 saturated carbocycles. The second kappa shape index (κ2) is 9.00. The van der Waals surface area contributed by atoms with Crippen molar-refractivity contribution in [2.24, 2.45) is 11.8 Å². The predicted molar refractivity (Wildman–Crippen MR) is 86.9 cm³/mol. The van der Waals surface area contributed by atoms with Gasteiger partial charge in [0, 0.05) is 0 Å². The largest absolute Gasteiger partial charge is 0.465 e. The minimum atomic E-state index is -0.357. The Hall–Kier alpha value is -1.13. The lowest BCUT2D eigenvalue weighted by molar-refractivity contribution is -0.146. The Bertz CT molecular complexity index is 357. The summed E-state index contributed by atoms with van der Waals surface area (Å²) in [5.74, 6) is 0.0564. The molecule has 1 aliphatic carbocycles. The molecule has 21 heavy (non-hydrogen) atoms. The van der Waals surface area contributed by atoms with E-state index in [1.165, 1.54) is 12.8 Å². The van der Waals surface area contributed by atoms with E-state index in [0.717, 1.165) is 12.8 Å². The second-order valence-electron chi connectivity index (χ2n) is 5.66. The summed E-state index contributed by atoms with van der Waals surface area (Å²) in [7, 11) is 3.76. The van der Waals surface area contributed by atoms with Crippen LogP contribution in [-0.2, 0) is 9.53 Å². The van der Waals surface area contributed by atoms with Gasteiger partial charge in [0.15, 0.2) is 0 Å². The zero-order chi connectivity index (χ0) is 15.7. The summed E-state index contributed by atoms with van der Waals surface area (Å²) in [5, 5.41) is 6.34. The van der Waals surface area contributed by atoms with Gasteiger partial charge in [-0.15, -0.1) is 0 Å². The zero-order valence-corrected chi connectivity index (χ0v) is 13.8. The first-order valence-corrected chi connectivity index (χ1v) is 8.04. The number of rotatable bonds is 9. The summed E-state index contributed by atoms with van der Waals surface area (Å²) < 4.78 is 5.48. The summed E-state index contributed by atoms with van der Waals surface area (Å²) >= 11 is 0. The number of carbonyl (C=O) groups is 1. The van der Waals surface area contributed by atoms with E-state index >= 15 is 0 Å². The quantitative estimate of drug-likeness (QED) is 0.390. The highest BCUT2D eigenvalue weighted by atomic mass is 16.5. The van der Waals surface area contributed by atoms with E-state index in [-0.39, 0.29) is 17.6 Å². The molecule has 0 aromatic rings. The summed E-state index contributed by atoms with van der Waals surface area (Å²) in [6.45, 7) is 4.88. The van der Waals surface area contributed by atoms with Crippen LogP contribution in [0.15, 0.2) is 24.3 Å². The lowest BCUT2D eigenvalue weighted by atomic mass is 9.96. The van der Waals surface area contributed by atoms with Crippen molar-refractivity contribution in [1.82, 2.24) is 10.6 Å². The molecule has 0 fully saturated rings. The summed E-state index contributed by atoms with van der Waals surface area (Å²) in [4.78, 5) is 12.1. The Morgan fingerprint density at radius 1 is 1.24 bits per heavy atom. The molecule has 0 saturated heterocycles. The van der Waals surface area contributed by atoms with Gasteiger partial charge in [0.05, 0.1) is 12.5 Å². The monoisotopic (exact) mass is 294 g/mol. The molecule has 1 rings (SSSR count). The molecule has 4 nitrogen and oxygen atoms in total. The Morgan fingerprint density at radius 2 is 1.86 bits per heavy atom. The smallest absolute Gasteiger partial charge is 0.316 e. The Kier molecular flexibility index (Phi) is 7.68. The third-order valence-electron chi connectivity index (χ3n) is 4.24.